The Labute approximate surface area is 98.7 Å². The van der Waals surface area contributed by atoms with Crippen LogP contribution in [-0.2, 0) is 14.3 Å². The zero-order chi connectivity index (χ0) is 12.4. The fourth-order valence-electron chi connectivity index (χ4n) is 1.57. The Morgan fingerprint density at radius 2 is 2.24 bits per heavy atom. The molecule has 1 heterocycles. The molecule has 90 valence electrons. The second-order valence-corrected chi connectivity index (χ2v) is 3.75. The lowest BCUT2D eigenvalue weighted by atomic mass is 10.2. The Balaban J connectivity index is 2.23. The Morgan fingerprint density at radius 3 is 2.94 bits per heavy atom. The molecule has 17 heavy (non-hydrogen) atoms. The Morgan fingerprint density at radius 1 is 1.47 bits per heavy atom. The number of phenolic OH excluding ortho intramolecular Hbond substituents is 1. The fourth-order valence-corrected chi connectivity index (χ4v) is 1.57. The van der Waals surface area contributed by atoms with Crippen molar-refractivity contribution in [3.8, 4) is 5.75 Å². The number of methoxy groups -OCH3 is 1. The zero-order valence-electron chi connectivity index (χ0n) is 9.56. The van der Waals surface area contributed by atoms with Crippen LogP contribution < -0.4 is 5.32 Å². The third-order valence-electron chi connectivity index (χ3n) is 2.40. The Kier molecular flexibility index (Phi) is 3.01. The van der Waals surface area contributed by atoms with Crippen LogP contribution in [0.2, 0.25) is 0 Å². The molecule has 5 heteroatoms. The number of hydrogen-bond donors (Lipinski definition) is 2. The van der Waals surface area contributed by atoms with Crippen molar-refractivity contribution in [1.29, 1.82) is 0 Å². The van der Waals surface area contributed by atoms with Crippen LogP contribution >= 0.6 is 0 Å². The predicted molar refractivity (Wildman–Crippen MR) is 61.4 cm³/mol. The van der Waals surface area contributed by atoms with Gasteiger partial charge in [-0.15, -0.1) is 0 Å². The normalized spacial score (nSPS) is 18.8. The number of phenols is 1. The minimum absolute atomic E-state index is 0.103. The maximum absolute atomic E-state index is 11.1. The van der Waals surface area contributed by atoms with Crippen molar-refractivity contribution in [2.45, 2.75) is 13.2 Å². The number of anilines is 1. The maximum Gasteiger partial charge on any atom is 0.335 e. The van der Waals surface area contributed by atoms with Gasteiger partial charge >= 0.3 is 5.97 Å². The van der Waals surface area contributed by atoms with Crippen LogP contribution in [0.1, 0.15) is 5.56 Å². The molecule has 2 N–H and O–H groups in total. The summed E-state index contributed by atoms with van der Waals surface area (Å²) in [4.78, 5) is 11.1. The summed E-state index contributed by atoms with van der Waals surface area (Å²) in [6, 6.07) is 5.14. The van der Waals surface area contributed by atoms with Crippen molar-refractivity contribution < 1.29 is 19.4 Å². The quantitative estimate of drug-likeness (QED) is 0.614. The predicted octanol–water partition coefficient (Wildman–Crippen LogP) is 1.53. The molecule has 0 saturated carbocycles. The molecule has 0 saturated heterocycles. The molecule has 0 amide bonds. The average Bonchev–Trinajstić information content (AvgIpc) is 2.64. The number of nitrogens with one attached hydrogen (secondary N) is 1. The highest BCUT2D eigenvalue weighted by Gasteiger charge is 2.26. The first-order valence-corrected chi connectivity index (χ1v) is 5.12. The minimum atomic E-state index is -0.748. The van der Waals surface area contributed by atoms with E-state index in [-0.39, 0.29) is 5.75 Å². The van der Waals surface area contributed by atoms with E-state index >= 15 is 0 Å². The lowest BCUT2D eigenvalue weighted by molar-refractivity contribution is -0.155. The second-order valence-electron chi connectivity index (χ2n) is 3.75. The van der Waals surface area contributed by atoms with E-state index in [1.165, 1.54) is 13.2 Å². The fraction of sp³-hybridized carbons (Fsp3) is 0.250. The molecule has 1 aliphatic rings. The molecular weight excluding hydrogens is 222 g/mol. The van der Waals surface area contributed by atoms with Gasteiger partial charge in [0.05, 0.1) is 11.4 Å². The number of cyclic esters (lactones) is 1. The van der Waals surface area contributed by atoms with Crippen molar-refractivity contribution in [1.82, 2.24) is 0 Å². The summed E-state index contributed by atoms with van der Waals surface area (Å²) in [5.41, 5.74) is 1.97. The first-order valence-electron chi connectivity index (χ1n) is 5.12. The lowest BCUT2D eigenvalue weighted by Gasteiger charge is -2.15. The first-order chi connectivity index (χ1) is 8.10. The smallest absolute Gasteiger partial charge is 0.335 e. The van der Waals surface area contributed by atoms with E-state index in [0.717, 1.165) is 5.56 Å². The van der Waals surface area contributed by atoms with E-state index < -0.39 is 12.3 Å². The van der Waals surface area contributed by atoms with Crippen LogP contribution in [0.5, 0.6) is 5.75 Å². The summed E-state index contributed by atoms with van der Waals surface area (Å²) in [5, 5.41) is 12.6. The molecular formula is C12H13NO4. The van der Waals surface area contributed by atoms with Gasteiger partial charge in [-0.2, -0.15) is 0 Å². The van der Waals surface area contributed by atoms with E-state index in [0.29, 0.717) is 11.4 Å². The maximum atomic E-state index is 11.1. The van der Waals surface area contributed by atoms with Gasteiger partial charge in [0.15, 0.2) is 0 Å². The first kappa shape index (κ1) is 11.5. The van der Waals surface area contributed by atoms with Crippen LogP contribution in [0.25, 0.3) is 0 Å². The highest BCUT2D eigenvalue weighted by Crippen LogP contribution is 2.27. The summed E-state index contributed by atoms with van der Waals surface area (Å²) < 4.78 is 9.85. The third-order valence-corrected chi connectivity index (χ3v) is 2.40. The van der Waals surface area contributed by atoms with E-state index in [9.17, 15) is 9.90 Å². The molecule has 1 aromatic carbocycles. The Bertz CT molecular complexity index is 481. The zero-order valence-corrected chi connectivity index (χ0v) is 9.56. The molecule has 0 spiro atoms. The Hall–Kier alpha value is -2.01. The van der Waals surface area contributed by atoms with Gasteiger partial charge in [-0.1, -0.05) is 6.07 Å². The van der Waals surface area contributed by atoms with Crippen molar-refractivity contribution in [3.63, 3.8) is 0 Å². The topological polar surface area (TPSA) is 67.8 Å². The summed E-state index contributed by atoms with van der Waals surface area (Å²) in [6.07, 6.45) is 0.554. The summed E-state index contributed by atoms with van der Waals surface area (Å²) in [6.45, 7) is 1.91. The number of ether oxygens (including phenoxy) is 2. The number of benzene rings is 1. The van der Waals surface area contributed by atoms with Crippen molar-refractivity contribution in [2.24, 2.45) is 0 Å². The van der Waals surface area contributed by atoms with Gasteiger partial charge in [0.25, 0.3) is 0 Å². The van der Waals surface area contributed by atoms with Crippen LogP contribution in [0.3, 0.4) is 0 Å². The van der Waals surface area contributed by atoms with E-state index in [4.69, 9.17) is 9.47 Å². The summed E-state index contributed by atoms with van der Waals surface area (Å²) >= 11 is 0. The second kappa shape index (κ2) is 4.47. The number of carbonyl (C=O) groups excluding carboxylic acids is 1. The van der Waals surface area contributed by atoms with Gasteiger partial charge in [0.2, 0.25) is 6.29 Å². The molecule has 0 radical (unpaired) electrons. The molecule has 0 fully saturated rings. The lowest BCUT2D eigenvalue weighted by Crippen LogP contribution is -2.18. The molecule has 2 rings (SSSR count). The van der Waals surface area contributed by atoms with Gasteiger partial charge in [-0.3, -0.25) is 0 Å². The molecule has 1 aliphatic heterocycles. The van der Waals surface area contributed by atoms with Gasteiger partial charge in [-0.25, -0.2) is 4.79 Å². The van der Waals surface area contributed by atoms with E-state index in [1.54, 1.807) is 18.2 Å². The van der Waals surface area contributed by atoms with Gasteiger partial charge in [-0.05, 0) is 24.6 Å². The number of hydrogen-bond acceptors (Lipinski definition) is 5. The van der Waals surface area contributed by atoms with Gasteiger partial charge < -0.3 is 19.9 Å². The largest absolute Gasteiger partial charge is 0.506 e. The van der Waals surface area contributed by atoms with Crippen molar-refractivity contribution >= 4 is 11.7 Å². The highest BCUT2D eigenvalue weighted by molar-refractivity contribution is 5.86. The molecule has 0 bridgehead atoms. The monoisotopic (exact) mass is 235 g/mol. The standard InChI is InChI=1S/C12H13NO4/c1-7-3-4-10(14)8(5-7)13-9-6-11(15)17-12(9)16-2/h3-6,12-14H,1-2H3/t12-/m0/s1. The number of aryl methyl sites for hydroxylation is 1. The SMILES string of the molecule is CO[C@H]1OC(=O)C=C1Nc1cc(C)ccc1O. The van der Waals surface area contributed by atoms with Crippen LogP contribution in [0.4, 0.5) is 5.69 Å². The van der Waals surface area contributed by atoms with Crippen LogP contribution in [-0.4, -0.2) is 24.5 Å². The highest BCUT2D eigenvalue weighted by atomic mass is 16.7. The molecule has 5 nitrogen and oxygen atoms in total. The molecule has 0 unspecified atom stereocenters. The molecule has 0 aliphatic carbocycles. The van der Waals surface area contributed by atoms with Crippen molar-refractivity contribution in [2.75, 3.05) is 12.4 Å². The summed E-state index contributed by atoms with van der Waals surface area (Å²) in [5.74, 6) is -0.364. The van der Waals surface area contributed by atoms with Gasteiger partial charge in [0, 0.05) is 13.2 Å². The average molecular weight is 235 g/mol. The minimum Gasteiger partial charge on any atom is -0.506 e. The van der Waals surface area contributed by atoms with Crippen LogP contribution in [0.15, 0.2) is 30.0 Å². The molecule has 1 aromatic rings. The third kappa shape index (κ3) is 2.39. The number of esters is 1. The molecule has 0 aromatic heterocycles. The summed E-state index contributed by atoms with van der Waals surface area (Å²) in [7, 11) is 1.44. The molecule has 1 atom stereocenters. The van der Waals surface area contributed by atoms with Crippen LogP contribution in [0, 0.1) is 6.92 Å². The number of carbonyl (C=O) groups is 1. The number of rotatable bonds is 3. The van der Waals surface area contributed by atoms with E-state index in [2.05, 4.69) is 5.32 Å². The van der Waals surface area contributed by atoms with Crippen molar-refractivity contribution in [3.05, 3.63) is 35.5 Å². The number of aromatic hydroxyl groups is 1. The van der Waals surface area contributed by atoms with Gasteiger partial charge in [0.1, 0.15) is 5.75 Å². The van der Waals surface area contributed by atoms with E-state index in [1.807, 2.05) is 6.92 Å².